The molecule has 0 atom stereocenters. The van der Waals surface area contributed by atoms with Gasteiger partial charge in [0.25, 0.3) is 0 Å². The lowest BCUT2D eigenvalue weighted by Gasteiger charge is -2.31. The zero-order chi connectivity index (χ0) is 20.1. The number of hydrogen-bond acceptors (Lipinski definition) is 4. The molecule has 29 heavy (non-hydrogen) atoms. The Morgan fingerprint density at radius 1 is 1.17 bits per heavy atom. The highest BCUT2D eigenvalue weighted by Crippen LogP contribution is 2.38. The summed E-state index contributed by atoms with van der Waals surface area (Å²) in [5.74, 6) is 0.380. The third-order valence-electron chi connectivity index (χ3n) is 5.17. The molecular formula is C22H22FN3O2S. The second-order valence-electron chi connectivity index (χ2n) is 7.17. The van der Waals surface area contributed by atoms with E-state index < -0.39 is 5.54 Å². The molecular weight excluding hydrogens is 389 g/mol. The average Bonchev–Trinajstić information content (AvgIpc) is 3.40. The molecule has 0 spiro atoms. The highest BCUT2D eigenvalue weighted by molar-refractivity contribution is 7.07. The summed E-state index contributed by atoms with van der Waals surface area (Å²) < 4.78 is 19.1. The van der Waals surface area contributed by atoms with Gasteiger partial charge in [0, 0.05) is 17.1 Å². The molecule has 2 N–H and O–H groups in total. The normalized spacial score (nSPS) is 15.1. The molecule has 5 nitrogen and oxygen atoms in total. The van der Waals surface area contributed by atoms with Crippen molar-refractivity contribution in [1.29, 1.82) is 0 Å². The van der Waals surface area contributed by atoms with Crippen LogP contribution in [0.25, 0.3) is 0 Å². The number of carbonyl (C=O) groups excluding carboxylic acids is 1. The summed E-state index contributed by atoms with van der Waals surface area (Å²) in [6.07, 6.45) is 3.72. The predicted molar refractivity (Wildman–Crippen MR) is 112 cm³/mol. The van der Waals surface area contributed by atoms with Crippen LogP contribution in [0.2, 0.25) is 0 Å². The Morgan fingerprint density at radius 3 is 2.69 bits per heavy atom. The van der Waals surface area contributed by atoms with Gasteiger partial charge in [-0.2, -0.15) is 0 Å². The van der Waals surface area contributed by atoms with Crippen molar-refractivity contribution >= 4 is 23.1 Å². The topological polar surface area (TPSA) is 63.2 Å². The lowest BCUT2D eigenvalue weighted by molar-refractivity contribution is 0.236. The maximum absolute atomic E-state index is 13.3. The monoisotopic (exact) mass is 411 g/mol. The minimum absolute atomic E-state index is 0.277. The first-order valence-corrected chi connectivity index (χ1v) is 10.5. The highest BCUT2D eigenvalue weighted by Gasteiger charge is 2.37. The maximum atomic E-state index is 13.3. The van der Waals surface area contributed by atoms with Crippen molar-refractivity contribution in [3.63, 3.8) is 0 Å². The highest BCUT2D eigenvalue weighted by atomic mass is 32.1. The minimum atomic E-state index is -0.462. The molecule has 1 aromatic heterocycles. The van der Waals surface area contributed by atoms with Gasteiger partial charge in [-0.15, -0.1) is 11.3 Å². The van der Waals surface area contributed by atoms with Gasteiger partial charge in [-0.05, 0) is 42.7 Å². The molecule has 7 heteroatoms. The van der Waals surface area contributed by atoms with Crippen LogP contribution in [0.5, 0.6) is 5.75 Å². The van der Waals surface area contributed by atoms with E-state index in [-0.39, 0.29) is 11.8 Å². The molecule has 1 saturated carbocycles. The van der Waals surface area contributed by atoms with Crippen LogP contribution in [-0.4, -0.2) is 11.0 Å². The second kappa shape index (κ2) is 8.61. The Kier molecular flexibility index (Phi) is 5.76. The SMILES string of the molecule is O=C(Nc1cccc(OCc2cscn2)c1)NC1(c2ccc(F)cc2)CCCC1. The second-order valence-corrected chi connectivity index (χ2v) is 7.89. The first-order chi connectivity index (χ1) is 14.1. The number of hydrogen-bond donors (Lipinski definition) is 2. The lowest BCUT2D eigenvalue weighted by atomic mass is 9.88. The summed E-state index contributed by atoms with van der Waals surface area (Å²) in [7, 11) is 0. The largest absolute Gasteiger partial charge is 0.487 e. The number of anilines is 1. The molecule has 1 heterocycles. The number of urea groups is 1. The molecule has 3 aromatic rings. The predicted octanol–water partition coefficient (Wildman–Crippen LogP) is 5.45. The van der Waals surface area contributed by atoms with Gasteiger partial charge in [-0.1, -0.05) is 31.0 Å². The van der Waals surface area contributed by atoms with Crippen LogP contribution in [-0.2, 0) is 12.1 Å². The van der Waals surface area contributed by atoms with Crippen LogP contribution >= 0.6 is 11.3 Å². The van der Waals surface area contributed by atoms with Gasteiger partial charge < -0.3 is 15.4 Å². The van der Waals surface area contributed by atoms with Crippen LogP contribution < -0.4 is 15.4 Å². The minimum Gasteiger partial charge on any atom is -0.487 e. The van der Waals surface area contributed by atoms with E-state index >= 15 is 0 Å². The van der Waals surface area contributed by atoms with Crippen molar-refractivity contribution in [1.82, 2.24) is 10.3 Å². The Morgan fingerprint density at radius 2 is 1.97 bits per heavy atom. The van der Waals surface area contributed by atoms with Crippen molar-refractivity contribution in [3.05, 3.63) is 76.5 Å². The van der Waals surface area contributed by atoms with E-state index in [1.807, 2.05) is 23.6 Å². The summed E-state index contributed by atoms with van der Waals surface area (Å²) >= 11 is 1.52. The molecule has 0 bridgehead atoms. The zero-order valence-electron chi connectivity index (χ0n) is 15.9. The fraction of sp³-hybridized carbons (Fsp3) is 0.273. The van der Waals surface area contributed by atoms with Crippen molar-refractivity contribution in [2.45, 2.75) is 37.8 Å². The number of nitrogens with one attached hydrogen (secondary N) is 2. The Bertz CT molecular complexity index is 954. The zero-order valence-corrected chi connectivity index (χ0v) is 16.7. The van der Waals surface area contributed by atoms with Crippen molar-refractivity contribution in [2.24, 2.45) is 0 Å². The quantitative estimate of drug-likeness (QED) is 0.567. The fourth-order valence-electron chi connectivity index (χ4n) is 3.74. The number of benzene rings is 2. The van der Waals surface area contributed by atoms with E-state index in [1.54, 1.807) is 23.7 Å². The van der Waals surface area contributed by atoms with E-state index in [0.717, 1.165) is 36.9 Å². The molecule has 0 radical (unpaired) electrons. The number of halogens is 1. The number of amides is 2. The van der Waals surface area contributed by atoms with Crippen LogP contribution in [0.4, 0.5) is 14.9 Å². The fourth-order valence-corrected chi connectivity index (χ4v) is 4.29. The van der Waals surface area contributed by atoms with Gasteiger partial charge in [0.15, 0.2) is 0 Å². The number of ether oxygens (including phenoxy) is 1. The molecule has 2 amide bonds. The van der Waals surface area contributed by atoms with Gasteiger partial charge in [0.2, 0.25) is 0 Å². The number of nitrogens with zero attached hydrogens (tertiary/aromatic N) is 1. The summed E-state index contributed by atoms with van der Waals surface area (Å²) in [6, 6.07) is 13.4. The van der Waals surface area contributed by atoms with Gasteiger partial charge in [0.05, 0.1) is 16.7 Å². The van der Waals surface area contributed by atoms with E-state index in [9.17, 15) is 9.18 Å². The van der Waals surface area contributed by atoms with E-state index in [0.29, 0.717) is 18.0 Å². The Labute approximate surface area is 172 Å². The standard InChI is InChI=1S/C22H22FN3O2S/c23-17-8-6-16(7-9-17)22(10-1-2-11-22)26-21(27)25-18-4-3-5-20(12-18)28-13-19-14-29-15-24-19/h3-9,12,14-15H,1-2,10-11,13H2,(H2,25,26,27). The van der Waals surface area contributed by atoms with Crippen molar-refractivity contribution in [3.8, 4) is 5.75 Å². The lowest BCUT2D eigenvalue weighted by Crippen LogP contribution is -2.45. The summed E-state index contributed by atoms with van der Waals surface area (Å²) in [6.45, 7) is 0.382. The Hall–Kier alpha value is -2.93. The molecule has 0 unspecified atom stereocenters. The molecule has 150 valence electrons. The summed E-state index contributed by atoms with van der Waals surface area (Å²) in [4.78, 5) is 16.9. The van der Waals surface area contributed by atoms with Crippen LogP contribution in [0, 0.1) is 5.82 Å². The van der Waals surface area contributed by atoms with E-state index in [1.165, 1.54) is 23.5 Å². The average molecular weight is 412 g/mol. The van der Waals surface area contributed by atoms with E-state index in [2.05, 4.69) is 15.6 Å². The first-order valence-electron chi connectivity index (χ1n) is 9.58. The third kappa shape index (κ3) is 4.74. The number of aromatic nitrogens is 1. The van der Waals surface area contributed by atoms with Crippen LogP contribution in [0.15, 0.2) is 59.4 Å². The number of thiazole rings is 1. The Balaban J connectivity index is 1.42. The summed E-state index contributed by atoms with van der Waals surface area (Å²) in [5, 5.41) is 7.96. The molecule has 1 aliphatic carbocycles. The van der Waals surface area contributed by atoms with E-state index in [4.69, 9.17) is 4.74 Å². The third-order valence-corrected chi connectivity index (χ3v) is 5.80. The summed E-state index contributed by atoms with van der Waals surface area (Å²) in [5.41, 5.74) is 3.75. The first kappa shape index (κ1) is 19.4. The molecule has 4 rings (SSSR count). The number of carbonyl (C=O) groups is 1. The van der Waals surface area contributed by atoms with Crippen LogP contribution in [0.3, 0.4) is 0 Å². The molecule has 0 saturated heterocycles. The molecule has 1 aliphatic rings. The van der Waals surface area contributed by atoms with Gasteiger partial charge in [-0.25, -0.2) is 14.2 Å². The number of rotatable bonds is 6. The van der Waals surface area contributed by atoms with Crippen molar-refractivity contribution in [2.75, 3.05) is 5.32 Å². The molecule has 2 aromatic carbocycles. The molecule has 1 fully saturated rings. The van der Waals surface area contributed by atoms with Crippen molar-refractivity contribution < 1.29 is 13.9 Å². The smallest absolute Gasteiger partial charge is 0.319 e. The van der Waals surface area contributed by atoms with Crippen LogP contribution in [0.1, 0.15) is 36.9 Å². The van der Waals surface area contributed by atoms with Gasteiger partial charge >= 0.3 is 6.03 Å². The maximum Gasteiger partial charge on any atom is 0.319 e. The van der Waals surface area contributed by atoms with Gasteiger partial charge in [0.1, 0.15) is 18.2 Å². The van der Waals surface area contributed by atoms with Gasteiger partial charge in [-0.3, -0.25) is 0 Å². The molecule has 0 aliphatic heterocycles.